The highest BCUT2D eigenvalue weighted by atomic mass is 35.5. The molecule has 6 nitrogen and oxygen atoms in total. The third-order valence-electron chi connectivity index (χ3n) is 4.31. The first-order valence-corrected chi connectivity index (χ1v) is 10.5. The second-order valence-electron chi connectivity index (χ2n) is 6.75. The van der Waals surface area contributed by atoms with Crippen molar-refractivity contribution >= 4 is 34.8 Å². The zero-order chi connectivity index (χ0) is 20.9. The molecule has 0 atom stereocenters. The molecule has 2 heterocycles. The number of nitrogens with one attached hydrogen (secondary N) is 1. The maximum Gasteiger partial charge on any atom is 0.268 e. The van der Waals surface area contributed by atoms with Crippen molar-refractivity contribution in [2.45, 2.75) is 20.1 Å². The lowest BCUT2D eigenvalue weighted by atomic mass is 10.2. The number of carbonyl (C=O) groups excluding carboxylic acids is 1. The molecule has 4 aromatic rings. The minimum Gasteiger partial charge on any atom is -0.487 e. The van der Waals surface area contributed by atoms with Crippen LogP contribution in [0.2, 0.25) is 5.02 Å². The summed E-state index contributed by atoms with van der Waals surface area (Å²) in [5.41, 5.74) is 3.07. The minimum atomic E-state index is -0.253. The number of hydrogen-bond donors (Lipinski definition) is 1. The Balaban J connectivity index is 1.34. The number of anilines is 1. The van der Waals surface area contributed by atoms with E-state index in [1.807, 2.05) is 60.8 Å². The average Bonchev–Trinajstić information content (AvgIpc) is 3.39. The highest BCUT2D eigenvalue weighted by Gasteiger charge is 2.13. The summed E-state index contributed by atoms with van der Waals surface area (Å²) in [5, 5.41) is 9.50. The molecule has 0 aliphatic heterocycles. The summed E-state index contributed by atoms with van der Waals surface area (Å²) >= 11 is 7.50. The number of hydrogen-bond acceptors (Lipinski definition) is 5. The number of carbonyl (C=O) groups is 1. The summed E-state index contributed by atoms with van der Waals surface area (Å²) in [7, 11) is 0. The van der Waals surface area contributed by atoms with Crippen LogP contribution in [-0.2, 0) is 13.2 Å². The Hall–Kier alpha value is -3.16. The Kier molecular flexibility index (Phi) is 6.11. The van der Waals surface area contributed by atoms with E-state index in [4.69, 9.17) is 16.3 Å². The van der Waals surface area contributed by atoms with E-state index in [-0.39, 0.29) is 11.9 Å². The summed E-state index contributed by atoms with van der Waals surface area (Å²) in [4.78, 5) is 17.2. The molecule has 2 aromatic heterocycles. The van der Waals surface area contributed by atoms with E-state index in [9.17, 15) is 4.79 Å². The molecule has 0 saturated heterocycles. The molecule has 2 aromatic carbocycles. The number of halogens is 1. The quantitative estimate of drug-likeness (QED) is 0.431. The van der Waals surface area contributed by atoms with Crippen LogP contribution in [0.3, 0.4) is 0 Å². The fourth-order valence-electron chi connectivity index (χ4n) is 2.81. The van der Waals surface area contributed by atoms with Crippen LogP contribution in [-0.4, -0.2) is 20.7 Å². The molecule has 0 unspecified atom stereocenters. The third kappa shape index (κ3) is 5.06. The second kappa shape index (κ2) is 9.11. The molecule has 0 aliphatic carbocycles. The normalized spacial score (nSPS) is 10.7. The van der Waals surface area contributed by atoms with Crippen molar-refractivity contribution in [1.82, 2.24) is 14.8 Å². The summed E-state index contributed by atoms with van der Waals surface area (Å²) in [6.07, 6.45) is 1.60. The van der Waals surface area contributed by atoms with Gasteiger partial charge in [0, 0.05) is 5.56 Å². The first-order chi connectivity index (χ1) is 14.6. The van der Waals surface area contributed by atoms with E-state index in [1.165, 1.54) is 11.3 Å². The number of thiophene rings is 1. The van der Waals surface area contributed by atoms with Crippen LogP contribution >= 0.6 is 22.9 Å². The highest BCUT2D eigenvalue weighted by molar-refractivity contribution is 7.12. The average molecular weight is 439 g/mol. The van der Waals surface area contributed by atoms with Gasteiger partial charge in [0.25, 0.3) is 5.91 Å². The first-order valence-electron chi connectivity index (χ1n) is 9.28. The zero-order valence-electron chi connectivity index (χ0n) is 16.2. The van der Waals surface area contributed by atoms with Gasteiger partial charge in [0.2, 0.25) is 5.95 Å². The summed E-state index contributed by atoms with van der Waals surface area (Å²) in [6.45, 7) is 2.90. The predicted octanol–water partition coefficient (Wildman–Crippen LogP) is 5.18. The number of nitrogens with zero attached hydrogens (tertiary/aromatic N) is 3. The number of ether oxygens (including phenoxy) is 1. The van der Waals surface area contributed by atoms with Crippen molar-refractivity contribution < 1.29 is 9.53 Å². The molecule has 4 rings (SSSR count). The molecule has 30 heavy (non-hydrogen) atoms. The molecule has 1 amide bonds. The Morgan fingerprint density at radius 3 is 2.83 bits per heavy atom. The molecular weight excluding hydrogens is 420 g/mol. The Morgan fingerprint density at radius 1 is 1.17 bits per heavy atom. The van der Waals surface area contributed by atoms with Gasteiger partial charge in [-0.15, -0.1) is 16.4 Å². The highest BCUT2D eigenvalue weighted by Crippen LogP contribution is 2.27. The van der Waals surface area contributed by atoms with Crippen LogP contribution in [0, 0.1) is 6.92 Å². The zero-order valence-corrected chi connectivity index (χ0v) is 17.8. The van der Waals surface area contributed by atoms with Gasteiger partial charge in [0.05, 0.1) is 16.4 Å². The lowest BCUT2D eigenvalue weighted by Gasteiger charge is -2.07. The first kappa shape index (κ1) is 20.1. The second-order valence-corrected chi connectivity index (χ2v) is 8.07. The summed E-state index contributed by atoms with van der Waals surface area (Å²) in [6, 6.07) is 17.4. The minimum absolute atomic E-state index is 0.253. The van der Waals surface area contributed by atoms with Gasteiger partial charge >= 0.3 is 0 Å². The molecule has 0 radical (unpaired) electrons. The van der Waals surface area contributed by atoms with Gasteiger partial charge in [0.15, 0.2) is 0 Å². The van der Waals surface area contributed by atoms with E-state index < -0.39 is 0 Å². The molecule has 152 valence electrons. The lowest BCUT2D eigenvalue weighted by Crippen LogP contribution is -2.12. The molecule has 0 fully saturated rings. The predicted molar refractivity (Wildman–Crippen MR) is 118 cm³/mol. The van der Waals surface area contributed by atoms with Crippen molar-refractivity contribution in [3.8, 4) is 5.75 Å². The summed E-state index contributed by atoms with van der Waals surface area (Å²) < 4.78 is 7.47. The molecular formula is C22H19ClN4O2S. The van der Waals surface area contributed by atoms with Gasteiger partial charge in [0.1, 0.15) is 18.7 Å². The Bertz CT molecular complexity index is 1160. The molecule has 0 bridgehead atoms. The van der Waals surface area contributed by atoms with Crippen molar-refractivity contribution in [3.63, 3.8) is 0 Å². The maximum absolute atomic E-state index is 12.5. The fourth-order valence-corrected chi connectivity index (χ4v) is 3.78. The number of benzene rings is 2. The van der Waals surface area contributed by atoms with Gasteiger partial charge in [-0.3, -0.25) is 10.1 Å². The topological polar surface area (TPSA) is 69.0 Å². The maximum atomic E-state index is 12.5. The van der Waals surface area contributed by atoms with E-state index in [0.717, 1.165) is 16.7 Å². The molecule has 8 heteroatoms. The van der Waals surface area contributed by atoms with E-state index >= 15 is 0 Å². The van der Waals surface area contributed by atoms with Gasteiger partial charge in [-0.25, -0.2) is 9.67 Å². The van der Waals surface area contributed by atoms with E-state index in [0.29, 0.717) is 28.8 Å². The molecule has 0 aliphatic rings. The van der Waals surface area contributed by atoms with Crippen LogP contribution in [0.25, 0.3) is 0 Å². The number of amides is 1. The van der Waals surface area contributed by atoms with Crippen molar-refractivity contribution in [2.75, 3.05) is 5.32 Å². The van der Waals surface area contributed by atoms with Crippen molar-refractivity contribution in [3.05, 3.63) is 92.9 Å². The smallest absolute Gasteiger partial charge is 0.268 e. The third-order valence-corrected chi connectivity index (χ3v) is 5.60. The Labute approximate surface area is 183 Å². The van der Waals surface area contributed by atoms with E-state index in [2.05, 4.69) is 15.4 Å². The molecule has 0 spiro atoms. The monoisotopic (exact) mass is 438 g/mol. The molecule has 1 N–H and O–H groups in total. The van der Waals surface area contributed by atoms with Crippen LogP contribution in [0.1, 0.15) is 26.4 Å². The van der Waals surface area contributed by atoms with Gasteiger partial charge < -0.3 is 4.74 Å². The van der Waals surface area contributed by atoms with Crippen LogP contribution < -0.4 is 10.1 Å². The van der Waals surface area contributed by atoms with E-state index in [1.54, 1.807) is 17.1 Å². The Morgan fingerprint density at radius 2 is 2.00 bits per heavy atom. The summed E-state index contributed by atoms with van der Waals surface area (Å²) in [5.74, 6) is 0.646. The van der Waals surface area contributed by atoms with Crippen molar-refractivity contribution in [2.24, 2.45) is 0 Å². The van der Waals surface area contributed by atoms with Gasteiger partial charge in [-0.1, -0.05) is 48.0 Å². The standard InChI is InChI=1S/C22H19ClN4O2S/c1-15-7-8-18(23)19(9-15)29-12-17-10-20(30-13-17)21(28)25-22-24-14-27(26-22)11-16-5-3-2-4-6-16/h2-10,13-14H,11-12H2,1H3,(H,25,26,28). The lowest BCUT2D eigenvalue weighted by molar-refractivity contribution is 0.102. The van der Waals surface area contributed by atoms with Crippen molar-refractivity contribution in [1.29, 1.82) is 0 Å². The van der Waals surface area contributed by atoms with Gasteiger partial charge in [-0.2, -0.15) is 0 Å². The van der Waals surface area contributed by atoms with Crippen LogP contribution in [0.4, 0.5) is 5.95 Å². The molecule has 0 saturated carbocycles. The van der Waals surface area contributed by atoms with Crippen LogP contribution in [0.15, 0.2) is 66.3 Å². The number of aromatic nitrogens is 3. The van der Waals surface area contributed by atoms with Crippen LogP contribution in [0.5, 0.6) is 5.75 Å². The number of aryl methyl sites for hydroxylation is 1. The number of rotatable bonds is 7. The van der Waals surface area contributed by atoms with Gasteiger partial charge in [-0.05, 0) is 41.6 Å². The largest absolute Gasteiger partial charge is 0.487 e. The SMILES string of the molecule is Cc1ccc(Cl)c(OCc2csc(C(=O)Nc3ncn(Cc4ccccc4)n3)c2)c1. The fraction of sp³-hybridized carbons (Fsp3) is 0.136.